The van der Waals surface area contributed by atoms with Crippen LogP contribution in [0.25, 0.3) is 0 Å². The summed E-state index contributed by atoms with van der Waals surface area (Å²) >= 11 is 5.69. The van der Waals surface area contributed by atoms with E-state index in [2.05, 4.69) is 5.32 Å². The highest BCUT2D eigenvalue weighted by Gasteiger charge is 1.88. The van der Waals surface area contributed by atoms with Gasteiger partial charge in [0.2, 0.25) is 0 Å². The van der Waals surface area contributed by atoms with Crippen molar-refractivity contribution in [2.45, 2.75) is 0 Å². The molecule has 0 unspecified atom stereocenters. The molecule has 2 nitrogen and oxygen atoms in total. The smallest absolute Gasteiger partial charge is 0.0407 e. The lowest BCUT2D eigenvalue weighted by Gasteiger charge is -2.02. The van der Waals surface area contributed by atoms with Gasteiger partial charge in [0.05, 0.1) is 0 Å². The van der Waals surface area contributed by atoms with Gasteiger partial charge < -0.3 is 11.1 Å². The van der Waals surface area contributed by atoms with Crippen LogP contribution in [-0.2, 0) is 0 Å². The molecule has 1 rings (SSSR count). The molecule has 76 valence electrons. The average molecular weight is 244 g/mol. The van der Waals surface area contributed by atoms with E-state index in [9.17, 15) is 0 Å². The fourth-order valence-corrected chi connectivity index (χ4v) is 0.910. The summed E-state index contributed by atoms with van der Waals surface area (Å²) in [5, 5.41) is 3.89. The van der Waals surface area contributed by atoms with Gasteiger partial charge in [-0.3, -0.25) is 0 Å². The van der Waals surface area contributed by atoms with Crippen LogP contribution >= 0.6 is 36.4 Å². The standard InChI is InChI=1S/C8H11ClN2.2ClH/c9-7-1-3-8(4-2-7)11-6-5-10;;/h1-4,11H,5-6,10H2;2*1H. The lowest BCUT2D eigenvalue weighted by molar-refractivity contribution is 1.02. The van der Waals surface area contributed by atoms with Crippen LogP contribution in [0.4, 0.5) is 5.69 Å². The zero-order chi connectivity index (χ0) is 8.10. The van der Waals surface area contributed by atoms with Gasteiger partial charge in [-0.05, 0) is 24.3 Å². The molecule has 0 aliphatic rings. The van der Waals surface area contributed by atoms with Crippen molar-refractivity contribution in [2.75, 3.05) is 18.4 Å². The van der Waals surface area contributed by atoms with Crippen LogP contribution in [-0.4, -0.2) is 13.1 Å². The molecule has 0 radical (unpaired) electrons. The van der Waals surface area contributed by atoms with Crippen LogP contribution in [0.3, 0.4) is 0 Å². The first-order valence-corrected chi connectivity index (χ1v) is 3.90. The van der Waals surface area contributed by atoms with Crippen molar-refractivity contribution in [3.63, 3.8) is 0 Å². The Morgan fingerprint density at radius 3 is 2.15 bits per heavy atom. The SMILES string of the molecule is Cl.Cl.NCCNc1ccc(Cl)cc1. The molecule has 0 aliphatic carbocycles. The van der Waals surface area contributed by atoms with Crippen LogP contribution in [0.5, 0.6) is 0 Å². The Balaban J connectivity index is 0. The monoisotopic (exact) mass is 242 g/mol. The van der Waals surface area contributed by atoms with Gasteiger partial charge in [-0.25, -0.2) is 0 Å². The van der Waals surface area contributed by atoms with Gasteiger partial charge in [-0.15, -0.1) is 24.8 Å². The Bertz CT molecular complexity index is 213. The van der Waals surface area contributed by atoms with E-state index >= 15 is 0 Å². The van der Waals surface area contributed by atoms with Crippen molar-refractivity contribution < 1.29 is 0 Å². The lowest BCUT2D eigenvalue weighted by Crippen LogP contribution is -2.12. The van der Waals surface area contributed by atoms with Crippen LogP contribution in [0.2, 0.25) is 5.02 Å². The summed E-state index contributed by atoms with van der Waals surface area (Å²) < 4.78 is 0. The predicted molar refractivity (Wildman–Crippen MR) is 63.5 cm³/mol. The van der Waals surface area contributed by atoms with Crippen molar-refractivity contribution >= 4 is 42.1 Å². The lowest BCUT2D eigenvalue weighted by atomic mass is 10.3. The zero-order valence-electron chi connectivity index (χ0n) is 7.00. The number of hydrogen-bond acceptors (Lipinski definition) is 2. The highest BCUT2D eigenvalue weighted by molar-refractivity contribution is 6.30. The average Bonchev–Trinajstić information content (AvgIpc) is 2.04. The third kappa shape index (κ3) is 5.99. The minimum atomic E-state index is 0. The first kappa shape index (κ1) is 15.3. The van der Waals surface area contributed by atoms with Crippen molar-refractivity contribution in [3.05, 3.63) is 29.3 Å². The van der Waals surface area contributed by atoms with E-state index in [0.717, 1.165) is 17.3 Å². The Morgan fingerprint density at radius 1 is 1.15 bits per heavy atom. The molecule has 0 spiro atoms. The second kappa shape index (κ2) is 8.45. The molecule has 0 heterocycles. The topological polar surface area (TPSA) is 38.0 Å². The number of hydrogen-bond donors (Lipinski definition) is 2. The zero-order valence-corrected chi connectivity index (χ0v) is 9.38. The fraction of sp³-hybridized carbons (Fsp3) is 0.250. The second-order valence-corrected chi connectivity index (χ2v) is 2.66. The molecular weight excluding hydrogens is 230 g/mol. The molecular formula is C8H13Cl3N2. The second-order valence-electron chi connectivity index (χ2n) is 2.22. The van der Waals surface area contributed by atoms with E-state index in [1.165, 1.54) is 0 Å². The van der Waals surface area contributed by atoms with Gasteiger partial charge in [0.1, 0.15) is 0 Å². The van der Waals surface area contributed by atoms with E-state index in [1.807, 2.05) is 24.3 Å². The Hall–Kier alpha value is -0.150. The van der Waals surface area contributed by atoms with Gasteiger partial charge in [0.15, 0.2) is 0 Å². The van der Waals surface area contributed by atoms with Crippen LogP contribution in [0, 0.1) is 0 Å². The quantitative estimate of drug-likeness (QED) is 0.856. The summed E-state index contributed by atoms with van der Waals surface area (Å²) in [6.45, 7) is 1.43. The normalized spacial score (nSPS) is 8.15. The molecule has 0 fully saturated rings. The van der Waals surface area contributed by atoms with Gasteiger partial charge in [-0.2, -0.15) is 0 Å². The molecule has 0 saturated heterocycles. The Kier molecular flexibility index (Phi) is 9.96. The van der Waals surface area contributed by atoms with E-state index < -0.39 is 0 Å². The number of nitrogens with two attached hydrogens (primary N) is 1. The van der Waals surface area contributed by atoms with Crippen molar-refractivity contribution in [1.82, 2.24) is 0 Å². The van der Waals surface area contributed by atoms with Crippen molar-refractivity contribution in [3.8, 4) is 0 Å². The third-order valence-corrected chi connectivity index (χ3v) is 1.57. The highest BCUT2D eigenvalue weighted by Crippen LogP contribution is 2.12. The molecule has 0 atom stereocenters. The van der Waals surface area contributed by atoms with Gasteiger partial charge in [0, 0.05) is 23.8 Å². The molecule has 1 aromatic rings. The third-order valence-electron chi connectivity index (χ3n) is 1.32. The van der Waals surface area contributed by atoms with Gasteiger partial charge in [-0.1, -0.05) is 11.6 Å². The minimum Gasteiger partial charge on any atom is -0.384 e. The summed E-state index contributed by atoms with van der Waals surface area (Å²) in [7, 11) is 0. The molecule has 0 saturated carbocycles. The number of benzene rings is 1. The maximum Gasteiger partial charge on any atom is 0.0407 e. The molecule has 13 heavy (non-hydrogen) atoms. The molecule has 1 aromatic carbocycles. The Labute approximate surface area is 95.7 Å². The van der Waals surface area contributed by atoms with Crippen LogP contribution in [0.15, 0.2) is 24.3 Å². The largest absolute Gasteiger partial charge is 0.384 e. The summed E-state index contributed by atoms with van der Waals surface area (Å²) in [4.78, 5) is 0. The fourth-order valence-electron chi connectivity index (χ4n) is 0.784. The first-order chi connectivity index (χ1) is 5.33. The molecule has 0 aromatic heterocycles. The molecule has 5 heteroatoms. The predicted octanol–water partition coefficient (Wildman–Crippen LogP) is 2.55. The maximum absolute atomic E-state index is 5.69. The van der Waals surface area contributed by atoms with E-state index in [4.69, 9.17) is 17.3 Å². The molecule has 0 bridgehead atoms. The van der Waals surface area contributed by atoms with Crippen LogP contribution < -0.4 is 11.1 Å². The summed E-state index contributed by atoms with van der Waals surface area (Å²) in [6.07, 6.45) is 0. The number of nitrogens with one attached hydrogen (secondary N) is 1. The van der Waals surface area contributed by atoms with Crippen LogP contribution in [0.1, 0.15) is 0 Å². The first-order valence-electron chi connectivity index (χ1n) is 3.52. The number of anilines is 1. The summed E-state index contributed by atoms with van der Waals surface area (Å²) in [5.41, 5.74) is 6.37. The molecule has 3 N–H and O–H groups in total. The Morgan fingerprint density at radius 2 is 1.69 bits per heavy atom. The van der Waals surface area contributed by atoms with Crippen molar-refractivity contribution in [2.24, 2.45) is 5.73 Å². The highest BCUT2D eigenvalue weighted by atomic mass is 35.5. The minimum absolute atomic E-state index is 0. The van der Waals surface area contributed by atoms with Crippen molar-refractivity contribution in [1.29, 1.82) is 0 Å². The van der Waals surface area contributed by atoms with Gasteiger partial charge in [0.25, 0.3) is 0 Å². The molecule has 0 aliphatic heterocycles. The molecule has 0 amide bonds. The van der Waals surface area contributed by atoms with Gasteiger partial charge >= 0.3 is 0 Å². The van der Waals surface area contributed by atoms with E-state index in [1.54, 1.807) is 0 Å². The number of halogens is 3. The summed E-state index contributed by atoms with van der Waals surface area (Å²) in [5.74, 6) is 0. The maximum atomic E-state index is 5.69. The number of rotatable bonds is 3. The van der Waals surface area contributed by atoms with E-state index in [0.29, 0.717) is 6.54 Å². The summed E-state index contributed by atoms with van der Waals surface area (Å²) in [6, 6.07) is 7.55. The van der Waals surface area contributed by atoms with E-state index in [-0.39, 0.29) is 24.8 Å².